The van der Waals surface area contributed by atoms with Crippen molar-refractivity contribution in [1.82, 2.24) is 14.9 Å². The lowest BCUT2D eigenvalue weighted by atomic mass is 10.1. The van der Waals surface area contributed by atoms with Crippen LogP contribution >= 0.6 is 11.6 Å². The molecule has 0 saturated carbocycles. The predicted octanol–water partition coefficient (Wildman–Crippen LogP) is 3.54. The van der Waals surface area contributed by atoms with Crippen LogP contribution in [0.2, 0.25) is 5.02 Å². The van der Waals surface area contributed by atoms with Gasteiger partial charge in [-0.05, 0) is 38.0 Å². The third-order valence-electron chi connectivity index (χ3n) is 4.35. The largest absolute Gasteiger partial charge is 0.379 e. The van der Waals surface area contributed by atoms with Gasteiger partial charge in [-0.25, -0.2) is 4.98 Å². The van der Waals surface area contributed by atoms with Gasteiger partial charge < -0.3 is 15.4 Å². The number of anilines is 3. The minimum Gasteiger partial charge on any atom is -0.379 e. The molecule has 2 N–H and O–H groups in total. The molecule has 26 heavy (non-hydrogen) atoms. The minimum atomic E-state index is 0.627. The Bertz CT molecular complexity index is 739. The molecule has 0 spiro atoms. The van der Waals surface area contributed by atoms with Crippen molar-refractivity contribution in [3.63, 3.8) is 0 Å². The van der Waals surface area contributed by atoms with Crippen LogP contribution in [0.1, 0.15) is 16.8 Å². The topological polar surface area (TPSA) is 62.3 Å². The van der Waals surface area contributed by atoms with Crippen LogP contribution in [0.5, 0.6) is 0 Å². The van der Waals surface area contributed by atoms with Gasteiger partial charge in [0.2, 0.25) is 5.95 Å². The average Bonchev–Trinajstić information content (AvgIpc) is 2.59. The maximum atomic E-state index is 6.40. The Morgan fingerprint density at radius 3 is 2.62 bits per heavy atom. The Morgan fingerprint density at radius 1 is 1.12 bits per heavy atom. The molecule has 0 amide bonds. The smallest absolute Gasteiger partial charge is 0.224 e. The second-order valence-corrected chi connectivity index (χ2v) is 7.07. The van der Waals surface area contributed by atoms with Gasteiger partial charge in [0, 0.05) is 37.9 Å². The van der Waals surface area contributed by atoms with E-state index >= 15 is 0 Å². The van der Waals surface area contributed by atoms with Gasteiger partial charge in [0.25, 0.3) is 0 Å². The van der Waals surface area contributed by atoms with E-state index < -0.39 is 0 Å². The molecular formula is C19H26ClN5O. The molecule has 6 nitrogen and oxygen atoms in total. The Labute approximate surface area is 159 Å². The number of rotatable bonds is 6. The monoisotopic (exact) mass is 375 g/mol. The van der Waals surface area contributed by atoms with Crippen LogP contribution in [-0.4, -0.2) is 54.3 Å². The molecule has 7 heteroatoms. The number of aryl methyl sites for hydroxylation is 3. The second kappa shape index (κ2) is 8.66. The number of ether oxygens (including phenoxy) is 1. The number of aromatic nitrogens is 2. The molecule has 2 aromatic rings. The molecule has 0 unspecified atom stereocenters. The van der Waals surface area contributed by atoms with Crippen molar-refractivity contribution >= 4 is 29.1 Å². The number of benzene rings is 1. The van der Waals surface area contributed by atoms with Crippen LogP contribution in [0.3, 0.4) is 0 Å². The number of hydrogen-bond acceptors (Lipinski definition) is 6. The molecule has 1 aromatic carbocycles. The zero-order chi connectivity index (χ0) is 18.5. The van der Waals surface area contributed by atoms with Gasteiger partial charge in [0.05, 0.1) is 23.9 Å². The van der Waals surface area contributed by atoms with Crippen LogP contribution in [0, 0.1) is 20.8 Å². The van der Waals surface area contributed by atoms with Crippen molar-refractivity contribution in [2.24, 2.45) is 0 Å². The third-order valence-corrected chi connectivity index (χ3v) is 4.65. The summed E-state index contributed by atoms with van der Waals surface area (Å²) < 4.78 is 5.37. The van der Waals surface area contributed by atoms with Crippen molar-refractivity contribution in [3.8, 4) is 0 Å². The summed E-state index contributed by atoms with van der Waals surface area (Å²) in [5.41, 5.74) is 4.02. The predicted molar refractivity (Wildman–Crippen MR) is 107 cm³/mol. The number of morpholine rings is 1. The fourth-order valence-electron chi connectivity index (χ4n) is 3.06. The quantitative estimate of drug-likeness (QED) is 0.805. The highest BCUT2D eigenvalue weighted by Gasteiger charge is 2.11. The van der Waals surface area contributed by atoms with Gasteiger partial charge in [-0.3, -0.25) is 4.90 Å². The normalized spacial score (nSPS) is 15.1. The van der Waals surface area contributed by atoms with Gasteiger partial charge in [-0.1, -0.05) is 17.7 Å². The van der Waals surface area contributed by atoms with Gasteiger partial charge in [-0.2, -0.15) is 4.98 Å². The van der Waals surface area contributed by atoms with Gasteiger partial charge >= 0.3 is 0 Å². The Balaban J connectivity index is 1.65. The Hall–Kier alpha value is -1.89. The molecule has 1 saturated heterocycles. The van der Waals surface area contributed by atoms with Crippen LogP contribution in [0.25, 0.3) is 0 Å². The number of nitrogens with one attached hydrogen (secondary N) is 2. The van der Waals surface area contributed by atoms with Crippen molar-refractivity contribution in [3.05, 3.63) is 40.0 Å². The van der Waals surface area contributed by atoms with Gasteiger partial charge in [-0.15, -0.1) is 0 Å². The molecule has 0 atom stereocenters. The lowest BCUT2D eigenvalue weighted by molar-refractivity contribution is 0.0398. The van der Waals surface area contributed by atoms with E-state index in [1.165, 1.54) is 0 Å². The molecule has 0 radical (unpaired) electrons. The van der Waals surface area contributed by atoms with E-state index in [1.807, 2.05) is 32.9 Å². The number of nitrogens with zero attached hydrogens (tertiary/aromatic N) is 3. The number of halogens is 1. The summed E-state index contributed by atoms with van der Waals surface area (Å²) in [6, 6.07) is 5.97. The van der Waals surface area contributed by atoms with E-state index in [-0.39, 0.29) is 0 Å². The molecular weight excluding hydrogens is 350 g/mol. The van der Waals surface area contributed by atoms with E-state index in [2.05, 4.69) is 31.6 Å². The van der Waals surface area contributed by atoms with Crippen molar-refractivity contribution in [2.45, 2.75) is 20.8 Å². The summed E-state index contributed by atoms with van der Waals surface area (Å²) >= 11 is 6.40. The van der Waals surface area contributed by atoms with E-state index in [0.29, 0.717) is 11.0 Å². The summed E-state index contributed by atoms with van der Waals surface area (Å²) in [6.45, 7) is 11.4. The fraction of sp³-hybridized carbons (Fsp3) is 0.474. The van der Waals surface area contributed by atoms with Crippen LogP contribution in [0.4, 0.5) is 17.5 Å². The van der Waals surface area contributed by atoms with Gasteiger partial charge in [0.1, 0.15) is 5.82 Å². The highest BCUT2D eigenvalue weighted by Crippen LogP contribution is 2.30. The van der Waals surface area contributed by atoms with Gasteiger partial charge in [0.15, 0.2) is 0 Å². The van der Waals surface area contributed by atoms with E-state index in [0.717, 1.165) is 67.7 Å². The second-order valence-electron chi connectivity index (χ2n) is 6.66. The first-order valence-electron chi connectivity index (χ1n) is 8.95. The summed E-state index contributed by atoms with van der Waals surface area (Å²) in [4.78, 5) is 11.4. The molecule has 140 valence electrons. The van der Waals surface area contributed by atoms with Crippen LogP contribution in [0.15, 0.2) is 18.2 Å². The van der Waals surface area contributed by atoms with E-state index in [1.54, 1.807) is 0 Å². The Morgan fingerprint density at radius 2 is 1.88 bits per heavy atom. The first kappa shape index (κ1) is 18.9. The highest BCUT2D eigenvalue weighted by molar-refractivity contribution is 6.33. The fourth-order valence-corrected chi connectivity index (χ4v) is 3.43. The maximum absolute atomic E-state index is 6.40. The maximum Gasteiger partial charge on any atom is 0.224 e. The summed E-state index contributed by atoms with van der Waals surface area (Å²) in [5, 5.41) is 7.35. The molecule has 1 fully saturated rings. The zero-order valence-corrected chi connectivity index (χ0v) is 16.4. The van der Waals surface area contributed by atoms with E-state index in [9.17, 15) is 0 Å². The molecule has 2 heterocycles. The summed E-state index contributed by atoms with van der Waals surface area (Å²) in [7, 11) is 0. The number of hydrogen-bond donors (Lipinski definition) is 2. The summed E-state index contributed by atoms with van der Waals surface area (Å²) in [6.07, 6.45) is 0. The van der Waals surface area contributed by atoms with Crippen molar-refractivity contribution < 1.29 is 4.74 Å². The van der Waals surface area contributed by atoms with Crippen LogP contribution < -0.4 is 10.6 Å². The first-order chi connectivity index (χ1) is 12.5. The lowest BCUT2D eigenvalue weighted by Crippen LogP contribution is -2.39. The van der Waals surface area contributed by atoms with Crippen molar-refractivity contribution in [2.75, 3.05) is 50.0 Å². The Kier molecular flexibility index (Phi) is 6.29. The molecule has 3 rings (SSSR count). The molecule has 1 aliphatic rings. The molecule has 1 aliphatic heterocycles. The molecule has 0 aliphatic carbocycles. The standard InChI is InChI=1S/C19H26ClN5O/c1-13-10-14(2)18(16(20)11-13)23-17-12-15(3)22-19(24-17)21-4-5-25-6-8-26-9-7-25/h10-12H,4-9H2,1-3H3,(H2,21,22,23,24). The zero-order valence-electron chi connectivity index (χ0n) is 15.6. The lowest BCUT2D eigenvalue weighted by Gasteiger charge is -2.26. The first-order valence-corrected chi connectivity index (χ1v) is 9.32. The molecule has 0 bridgehead atoms. The average molecular weight is 376 g/mol. The highest BCUT2D eigenvalue weighted by atomic mass is 35.5. The van der Waals surface area contributed by atoms with E-state index in [4.69, 9.17) is 16.3 Å². The molecule has 1 aromatic heterocycles. The summed E-state index contributed by atoms with van der Waals surface area (Å²) in [5.74, 6) is 1.36. The third kappa shape index (κ3) is 5.06. The van der Waals surface area contributed by atoms with Crippen LogP contribution in [-0.2, 0) is 4.74 Å². The van der Waals surface area contributed by atoms with Crippen molar-refractivity contribution in [1.29, 1.82) is 0 Å². The minimum absolute atomic E-state index is 0.627. The SMILES string of the molecule is Cc1cc(C)c(Nc2cc(C)nc(NCCN3CCOCC3)n2)c(Cl)c1.